The maximum Gasteiger partial charge on any atom is 0.241 e. The van der Waals surface area contributed by atoms with Crippen LogP contribution in [0.25, 0.3) is 0 Å². The molecule has 29 heavy (non-hydrogen) atoms. The number of aryl methyl sites for hydroxylation is 1. The zero-order valence-electron chi connectivity index (χ0n) is 16.4. The van der Waals surface area contributed by atoms with Crippen molar-refractivity contribution in [1.29, 1.82) is 0 Å². The summed E-state index contributed by atoms with van der Waals surface area (Å²) in [5, 5.41) is 2.85. The van der Waals surface area contributed by atoms with Crippen molar-refractivity contribution in [2.75, 3.05) is 30.3 Å². The fraction of sp³-hybridized carbons (Fsp3) is 0.350. The van der Waals surface area contributed by atoms with E-state index in [1.165, 1.54) is 0 Å². The van der Waals surface area contributed by atoms with Gasteiger partial charge in [0.1, 0.15) is 19.8 Å². The normalized spacial score (nSPS) is 14.2. The lowest BCUT2D eigenvalue weighted by atomic mass is 10.1. The number of anilines is 1. The Hall–Kier alpha value is -2.26. The Bertz CT molecular complexity index is 1030. The molecule has 0 aromatic heterocycles. The van der Waals surface area contributed by atoms with E-state index in [2.05, 4.69) is 21.2 Å². The van der Waals surface area contributed by atoms with E-state index in [0.717, 1.165) is 26.2 Å². The van der Waals surface area contributed by atoms with E-state index >= 15 is 0 Å². The summed E-state index contributed by atoms with van der Waals surface area (Å²) in [5.41, 5.74) is 2.16. The van der Waals surface area contributed by atoms with Crippen LogP contribution in [-0.2, 0) is 14.8 Å². The van der Waals surface area contributed by atoms with E-state index < -0.39 is 15.9 Å². The molecule has 3 rings (SSSR count). The molecule has 0 spiro atoms. The average Bonchev–Trinajstić information content (AvgIpc) is 2.67. The number of fused-ring (bicyclic) bond motifs is 1. The molecule has 0 unspecified atom stereocenters. The molecule has 156 valence electrons. The van der Waals surface area contributed by atoms with Gasteiger partial charge in [-0.3, -0.25) is 9.10 Å². The number of ether oxygens (including phenoxy) is 2. The molecule has 1 aliphatic heterocycles. The van der Waals surface area contributed by atoms with Crippen molar-refractivity contribution in [1.82, 2.24) is 5.32 Å². The summed E-state index contributed by atoms with van der Waals surface area (Å²) >= 11 is 3.40. The molecule has 9 heteroatoms. The molecule has 2 aromatic rings. The third-order valence-corrected chi connectivity index (χ3v) is 6.59. The average molecular weight is 483 g/mol. The van der Waals surface area contributed by atoms with E-state index in [0.29, 0.717) is 30.4 Å². The summed E-state index contributed by atoms with van der Waals surface area (Å²) in [6, 6.07) is 10.3. The molecule has 0 saturated heterocycles. The Morgan fingerprint density at radius 2 is 1.86 bits per heavy atom. The van der Waals surface area contributed by atoms with E-state index in [-0.39, 0.29) is 12.6 Å². The second kappa shape index (κ2) is 8.62. The van der Waals surface area contributed by atoms with Crippen molar-refractivity contribution in [3.05, 3.63) is 52.0 Å². The highest BCUT2D eigenvalue weighted by Gasteiger charge is 2.23. The minimum atomic E-state index is -3.63. The van der Waals surface area contributed by atoms with Crippen LogP contribution in [0.4, 0.5) is 5.69 Å². The number of nitrogens with one attached hydrogen (secondary N) is 1. The van der Waals surface area contributed by atoms with Crippen molar-refractivity contribution in [2.24, 2.45) is 0 Å². The van der Waals surface area contributed by atoms with Crippen molar-refractivity contribution in [3.8, 4) is 11.5 Å². The highest BCUT2D eigenvalue weighted by molar-refractivity contribution is 9.10. The zero-order valence-corrected chi connectivity index (χ0v) is 18.8. The number of carbonyl (C=O) groups excluding carboxylic acids is 1. The first kappa shape index (κ1) is 21.4. The fourth-order valence-electron chi connectivity index (χ4n) is 3.01. The molecule has 0 fully saturated rings. The number of hydrogen-bond acceptors (Lipinski definition) is 5. The summed E-state index contributed by atoms with van der Waals surface area (Å²) in [6.45, 7) is 4.37. The number of halogens is 1. The van der Waals surface area contributed by atoms with Gasteiger partial charge in [0, 0.05) is 4.47 Å². The second-order valence-electron chi connectivity index (χ2n) is 6.90. The van der Waals surface area contributed by atoms with Crippen LogP contribution in [0, 0.1) is 6.92 Å². The van der Waals surface area contributed by atoms with Gasteiger partial charge in [0.05, 0.1) is 18.0 Å². The van der Waals surface area contributed by atoms with Crippen molar-refractivity contribution in [3.63, 3.8) is 0 Å². The Morgan fingerprint density at radius 3 is 2.52 bits per heavy atom. The zero-order chi connectivity index (χ0) is 21.2. The summed E-state index contributed by atoms with van der Waals surface area (Å²) in [6.07, 6.45) is 1.09. The van der Waals surface area contributed by atoms with Gasteiger partial charge in [-0.15, -0.1) is 0 Å². The summed E-state index contributed by atoms with van der Waals surface area (Å²) in [4.78, 5) is 12.6. The first-order chi connectivity index (χ1) is 13.6. The Labute approximate surface area is 179 Å². The quantitative estimate of drug-likeness (QED) is 0.683. The Kier molecular flexibility index (Phi) is 6.38. The first-order valence-electron chi connectivity index (χ1n) is 9.08. The highest BCUT2D eigenvalue weighted by Crippen LogP contribution is 2.32. The highest BCUT2D eigenvalue weighted by atomic mass is 79.9. The number of nitrogens with zero attached hydrogens (tertiary/aromatic N) is 1. The topological polar surface area (TPSA) is 84.9 Å². The van der Waals surface area contributed by atoms with Crippen LogP contribution in [0.3, 0.4) is 0 Å². The monoisotopic (exact) mass is 482 g/mol. The van der Waals surface area contributed by atoms with Crippen molar-refractivity contribution in [2.45, 2.75) is 19.9 Å². The van der Waals surface area contributed by atoms with Gasteiger partial charge in [0.2, 0.25) is 15.9 Å². The summed E-state index contributed by atoms with van der Waals surface area (Å²) in [5.74, 6) is 0.906. The predicted octanol–water partition coefficient (Wildman–Crippen LogP) is 3.17. The third kappa shape index (κ3) is 5.22. The molecular weight excluding hydrogens is 460 g/mol. The standard InChI is InChI=1S/C20H23BrN2O5S/c1-13-10-16(5-6-17(13)21)23(29(3,25)26)12-20(24)22-14(2)15-4-7-18-19(11-15)28-9-8-27-18/h4-7,10-11,14H,8-9,12H2,1-3H3,(H,22,24)/t14-/m1/s1. The van der Waals surface area contributed by atoms with Gasteiger partial charge in [0.25, 0.3) is 0 Å². The van der Waals surface area contributed by atoms with E-state index in [1.807, 2.05) is 26.0 Å². The van der Waals surface area contributed by atoms with Crippen molar-refractivity contribution >= 4 is 37.5 Å². The molecule has 1 N–H and O–H groups in total. The van der Waals surface area contributed by atoms with Gasteiger partial charge in [-0.05, 0) is 55.3 Å². The Balaban J connectivity index is 1.74. The van der Waals surface area contributed by atoms with E-state index in [1.54, 1.807) is 24.3 Å². The lowest BCUT2D eigenvalue weighted by Crippen LogP contribution is -2.41. The van der Waals surface area contributed by atoms with Gasteiger partial charge in [-0.2, -0.15) is 0 Å². The summed E-state index contributed by atoms with van der Waals surface area (Å²) < 4.78 is 37.6. The molecule has 0 radical (unpaired) electrons. The second-order valence-corrected chi connectivity index (χ2v) is 9.66. The smallest absolute Gasteiger partial charge is 0.241 e. The number of amides is 1. The minimum Gasteiger partial charge on any atom is -0.486 e. The predicted molar refractivity (Wildman–Crippen MR) is 115 cm³/mol. The maximum absolute atomic E-state index is 12.6. The van der Waals surface area contributed by atoms with E-state index in [4.69, 9.17) is 9.47 Å². The first-order valence-corrected chi connectivity index (χ1v) is 11.7. The lowest BCUT2D eigenvalue weighted by molar-refractivity contribution is -0.120. The van der Waals surface area contributed by atoms with Crippen LogP contribution in [-0.4, -0.2) is 40.3 Å². The third-order valence-electron chi connectivity index (χ3n) is 4.56. The molecule has 0 bridgehead atoms. The molecule has 2 aromatic carbocycles. The molecular formula is C20H23BrN2O5S. The number of benzene rings is 2. The number of hydrogen-bond donors (Lipinski definition) is 1. The molecule has 1 aliphatic rings. The molecule has 1 heterocycles. The Morgan fingerprint density at radius 1 is 1.17 bits per heavy atom. The number of sulfonamides is 1. The van der Waals surface area contributed by atoms with Crippen LogP contribution >= 0.6 is 15.9 Å². The van der Waals surface area contributed by atoms with Crippen LogP contribution in [0.1, 0.15) is 24.1 Å². The number of rotatable bonds is 6. The SMILES string of the molecule is Cc1cc(N(CC(=O)N[C@H](C)c2ccc3c(c2)OCCO3)S(C)(=O)=O)ccc1Br. The van der Waals surface area contributed by atoms with Crippen LogP contribution < -0.4 is 19.1 Å². The minimum absolute atomic E-state index is 0.311. The van der Waals surface area contributed by atoms with E-state index in [9.17, 15) is 13.2 Å². The molecule has 0 saturated carbocycles. The van der Waals surface area contributed by atoms with Crippen molar-refractivity contribution < 1.29 is 22.7 Å². The molecule has 1 amide bonds. The van der Waals surface area contributed by atoms with Crippen LogP contribution in [0.15, 0.2) is 40.9 Å². The van der Waals surface area contributed by atoms with Crippen LogP contribution in [0.5, 0.6) is 11.5 Å². The summed E-state index contributed by atoms with van der Waals surface area (Å²) in [7, 11) is -3.63. The largest absolute Gasteiger partial charge is 0.486 e. The molecule has 7 nitrogen and oxygen atoms in total. The van der Waals surface area contributed by atoms with Gasteiger partial charge in [0.15, 0.2) is 11.5 Å². The van der Waals surface area contributed by atoms with Gasteiger partial charge in [-0.1, -0.05) is 22.0 Å². The maximum atomic E-state index is 12.6. The fourth-order valence-corrected chi connectivity index (χ4v) is 4.11. The molecule has 1 atom stereocenters. The van der Waals surface area contributed by atoms with Gasteiger partial charge >= 0.3 is 0 Å². The van der Waals surface area contributed by atoms with Gasteiger partial charge in [-0.25, -0.2) is 8.42 Å². The van der Waals surface area contributed by atoms with Gasteiger partial charge < -0.3 is 14.8 Å². The van der Waals surface area contributed by atoms with Crippen LogP contribution in [0.2, 0.25) is 0 Å². The number of carbonyl (C=O) groups is 1. The molecule has 0 aliphatic carbocycles. The lowest BCUT2D eigenvalue weighted by Gasteiger charge is -2.24.